The van der Waals surface area contributed by atoms with Crippen molar-refractivity contribution in [2.75, 3.05) is 6.54 Å². The van der Waals surface area contributed by atoms with Gasteiger partial charge in [-0.15, -0.1) is 16.8 Å². The molecule has 0 radical (unpaired) electrons. The van der Waals surface area contributed by atoms with E-state index in [1.54, 1.807) is 24.3 Å². The summed E-state index contributed by atoms with van der Waals surface area (Å²) in [6.07, 6.45) is 4.09. The topological polar surface area (TPSA) is 102 Å². The number of rotatable bonds is 6. The van der Waals surface area contributed by atoms with E-state index in [0.29, 0.717) is 27.3 Å². The number of hydrogen-bond donors (Lipinski definition) is 0. The summed E-state index contributed by atoms with van der Waals surface area (Å²) in [5.41, 5.74) is 0.696. The van der Waals surface area contributed by atoms with Gasteiger partial charge in [0.15, 0.2) is 5.17 Å². The van der Waals surface area contributed by atoms with Gasteiger partial charge >= 0.3 is 0 Å². The highest BCUT2D eigenvalue weighted by Crippen LogP contribution is 2.34. The Morgan fingerprint density at radius 1 is 1.33 bits per heavy atom. The number of benzene rings is 1. The van der Waals surface area contributed by atoms with Crippen molar-refractivity contribution in [2.24, 2.45) is 4.99 Å². The fourth-order valence-electron chi connectivity index (χ4n) is 2.24. The Morgan fingerprint density at radius 2 is 2.07 bits per heavy atom. The third-order valence-corrected chi connectivity index (χ3v) is 5.52. The zero-order valence-corrected chi connectivity index (χ0v) is 16.0. The summed E-state index contributed by atoms with van der Waals surface area (Å²) in [5, 5.41) is 20.7. The van der Waals surface area contributed by atoms with Crippen molar-refractivity contribution in [3.63, 3.8) is 0 Å². The molecule has 27 heavy (non-hydrogen) atoms. The summed E-state index contributed by atoms with van der Waals surface area (Å²) in [6.45, 7) is 5.99. The Balaban J connectivity index is 1.89. The highest BCUT2D eigenvalue weighted by atomic mass is 32.2. The number of thioether (sulfide) groups is 1. The molecular formula is C17H15N5O3S2. The molecule has 138 valence electrons. The first-order valence-corrected chi connectivity index (χ1v) is 9.63. The number of hydrogen-bond acceptors (Lipinski definition) is 8. The van der Waals surface area contributed by atoms with Gasteiger partial charge in [-0.05, 0) is 42.0 Å². The van der Waals surface area contributed by atoms with E-state index < -0.39 is 4.92 Å². The molecule has 1 aliphatic rings. The smallest absolute Gasteiger partial charge is 0.269 e. The van der Waals surface area contributed by atoms with E-state index in [9.17, 15) is 14.9 Å². The van der Waals surface area contributed by atoms with Gasteiger partial charge in [0.25, 0.3) is 11.6 Å². The summed E-state index contributed by atoms with van der Waals surface area (Å²) in [7, 11) is 0. The van der Waals surface area contributed by atoms with Crippen LogP contribution in [0.3, 0.4) is 0 Å². The van der Waals surface area contributed by atoms with Gasteiger partial charge in [-0.3, -0.25) is 19.8 Å². The summed E-state index contributed by atoms with van der Waals surface area (Å²) in [5.74, 6) is -0.197. The van der Waals surface area contributed by atoms with E-state index in [1.807, 2.05) is 6.92 Å². The molecule has 0 saturated carbocycles. The lowest BCUT2D eigenvalue weighted by Gasteiger charge is -2.11. The lowest BCUT2D eigenvalue weighted by Crippen LogP contribution is -2.29. The van der Waals surface area contributed by atoms with E-state index in [1.165, 1.54) is 40.1 Å². The second-order valence-electron chi connectivity index (χ2n) is 5.39. The maximum absolute atomic E-state index is 12.7. The Morgan fingerprint density at radius 3 is 2.67 bits per heavy atom. The van der Waals surface area contributed by atoms with Crippen molar-refractivity contribution in [1.29, 1.82) is 0 Å². The van der Waals surface area contributed by atoms with Crippen LogP contribution in [-0.4, -0.2) is 37.6 Å². The molecule has 8 nitrogen and oxygen atoms in total. The third-order valence-electron chi connectivity index (χ3n) is 3.55. The monoisotopic (exact) mass is 401 g/mol. The van der Waals surface area contributed by atoms with E-state index in [2.05, 4.69) is 21.8 Å². The number of amidine groups is 1. The summed E-state index contributed by atoms with van der Waals surface area (Å²) in [4.78, 5) is 29.4. The van der Waals surface area contributed by atoms with Crippen molar-refractivity contribution >= 4 is 51.1 Å². The molecule has 0 unspecified atom stereocenters. The minimum Gasteiger partial charge on any atom is -0.282 e. The van der Waals surface area contributed by atoms with Crippen molar-refractivity contribution in [3.8, 4) is 0 Å². The highest BCUT2D eigenvalue weighted by molar-refractivity contribution is 8.18. The Bertz CT molecular complexity index is 950. The Hall–Kier alpha value is -2.85. The van der Waals surface area contributed by atoms with Crippen LogP contribution in [0.5, 0.6) is 0 Å². The molecule has 0 atom stereocenters. The predicted octanol–water partition coefficient (Wildman–Crippen LogP) is 3.80. The first-order valence-electron chi connectivity index (χ1n) is 7.99. The van der Waals surface area contributed by atoms with Gasteiger partial charge in [0.1, 0.15) is 5.01 Å². The molecule has 0 N–H and O–H groups in total. The summed E-state index contributed by atoms with van der Waals surface area (Å²) < 4.78 is 0. The van der Waals surface area contributed by atoms with Gasteiger partial charge < -0.3 is 0 Å². The van der Waals surface area contributed by atoms with Crippen LogP contribution < -0.4 is 0 Å². The minimum atomic E-state index is -0.463. The van der Waals surface area contributed by atoms with Gasteiger partial charge in [-0.2, -0.15) is 4.99 Å². The molecule has 3 rings (SSSR count). The maximum Gasteiger partial charge on any atom is 0.269 e. The van der Waals surface area contributed by atoms with Gasteiger partial charge in [0.2, 0.25) is 5.13 Å². The molecular weight excluding hydrogens is 386 g/mol. The van der Waals surface area contributed by atoms with Crippen molar-refractivity contribution < 1.29 is 9.72 Å². The highest BCUT2D eigenvalue weighted by Gasteiger charge is 2.33. The Kier molecular flexibility index (Phi) is 5.77. The van der Waals surface area contributed by atoms with Crippen molar-refractivity contribution in [2.45, 2.75) is 13.3 Å². The van der Waals surface area contributed by atoms with Crippen molar-refractivity contribution in [3.05, 3.63) is 62.5 Å². The first-order chi connectivity index (χ1) is 13.0. The van der Waals surface area contributed by atoms with Crippen LogP contribution in [0, 0.1) is 10.1 Å². The van der Waals surface area contributed by atoms with Crippen LogP contribution >= 0.6 is 23.1 Å². The average molecular weight is 401 g/mol. The fourth-order valence-corrected chi connectivity index (χ4v) is 3.94. The molecule has 2 heterocycles. The number of nitro groups is 1. The average Bonchev–Trinajstić information content (AvgIpc) is 3.22. The Labute approximate surface area is 163 Å². The number of non-ortho nitro benzene ring substituents is 1. The third kappa shape index (κ3) is 4.29. The van der Waals surface area contributed by atoms with Crippen LogP contribution in [-0.2, 0) is 11.2 Å². The second kappa shape index (κ2) is 8.23. The normalized spacial score (nSPS) is 17.1. The van der Waals surface area contributed by atoms with Crippen LogP contribution in [0.1, 0.15) is 17.5 Å². The number of aliphatic imine (C=N–C) groups is 1. The van der Waals surface area contributed by atoms with Gasteiger partial charge in [-0.25, -0.2) is 0 Å². The SMILES string of the molecule is C=CCN1C(=O)/C(=C\c2ccc([N+](=O)[O-])cc2)S/C1=N/c1nnc(CC)s1. The molecule has 2 aromatic rings. The first kappa shape index (κ1) is 18.9. The number of carbonyl (C=O) groups is 1. The molecule has 1 aromatic carbocycles. The van der Waals surface area contributed by atoms with E-state index in [-0.39, 0.29) is 11.6 Å². The molecule has 0 bridgehead atoms. The quantitative estimate of drug-likeness (QED) is 0.316. The summed E-state index contributed by atoms with van der Waals surface area (Å²) >= 11 is 2.61. The van der Waals surface area contributed by atoms with Crippen LogP contribution in [0.2, 0.25) is 0 Å². The largest absolute Gasteiger partial charge is 0.282 e. The van der Waals surface area contributed by atoms with E-state index >= 15 is 0 Å². The molecule has 0 spiro atoms. The van der Waals surface area contributed by atoms with Crippen LogP contribution in [0.15, 0.2) is 46.8 Å². The molecule has 1 saturated heterocycles. The van der Waals surface area contributed by atoms with E-state index in [4.69, 9.17) is 0 Å². The second-order valence-corrected chi connectivity index (χ2v) is 7.44. The predicted molar refractivity (Wildman–Crippen MR) is 107 cm³/mol. The van der Waals surface area contributed by atoms with Gasteiger partial charge in [-0.1, -0.05) is 24.3 Å². The van der Waals surface area contributed by atoms with Gasteiger partial charge in [0.05, 0.1) is 9.83 Å². The summed E-state index contributed by atoms with van der Waals surface area (Å²) in [6, 6.07) is 6.01. The van der Waals surface area contributed by atoms with Gasteiger partial charge in [0, 0.05) is 18.7 Å². The zero-order chi connectivity index (χ0) is 19.4. The number of carbonyl (C=O) groups excluding carboxylic acids is 1. The lowest BCUT2D eigenvalue weighted by molar-refractivity contribution is -0.384. The molecule has 1 fully saturated rings. The standard InChI is InChI=1S/C17H15N5O3S2/c1-3-9-21-15(23)13(10-11-5-7-12(8-6-11)22(24)25)26-17(21)18-16-20-19-14(4-2)27-16/h3,5-8,10H,1,4,9H2,2H3/b13-10+,18-17+. The molecule has 10 heteroatoms. The fraction of sp³-hybridized carbons (Fsp3) is 0.176. The number of aromatic nitrogens is 2. The maximum atomic E-state index is 12.7. The number of nitrogens with zero attached hydrogens (tertiary/aromatic N) is 5. The van der Waals surface area contributed by atoms with Crippen LogP contribution in [0.4, 0.5) is 10.8 Å². The van der Waals surface area contributed by atoms with E-state index in [0.717, 1.165) is 11.4 Å². The number of amides is 1. The number of aryl methyl sites for hydroxylation is 1. The molecule has 1 aliphatic heterocycles. The van der Waals surface area contributed by atoms with Crippen LogP contribution in [0.25, 0.3) is 6.08 Å². The molecule has 1 aromatic heterocycles. The lowest BCUT2D eigenvalue weighted by atomic mass is 10.2. The molecule has 0 aliphatic carbocycles. The zero-order valence-electron chi connectivity index (χ0n) is 14.4. The van der Waals surface area contributed by atoms with Crippen molar-refractivity contribution in [1.82, 2.24) is 15.1 Å². The number of nitro benzene ring substituents is 1. The molecule has 1 amide bonds. The minimum absolute atomic E-state index is 0.00100.